The summed E-state index contributed by atoms with van der Waals surface area (Å²) < 4.78 is 0. The Balaban J connectivity index is 2.85. The van der Waals surface area contributed by atoms with Gasteiger partial charge in [-0.2, -0.15) is 0 Å². The highest BCUT2D eigenvalue weighted by Crippen LogP contribution is 2.29. The van der Waals surface area contributed by atoms with Gasteiger partial charge in [-0.05, 0) is 6.42 Å². The van der Waals surface area contributed by atoms with Crippen LogP contribution in [0.3, 0.4) is 0 Å². The second-order valence-electron chi connectivity index (χ2n) is 2.11. The molecule has 11 heavy (non-hydrogen) atoms. The van der Waals surface area contributed by atoms with E-state index >= 15 is 0 Å². The molecule has 4 heteroatoms. The van der Waals surface area contributed by atoms with Crippen LogP contribution in [0.25, 0.3) is 0 Å². The molecule has 60 valence electrons. The topological polar surface area (TPSA) is 68.6 Å². The van der Waals surface area contributed by atoms with E-state index in [0.717, 1.165) is 6.42 Å². The van der Waals surface area contributed by atoms with Gasteiger partial charge in [-0.1, -0.05) is 6.92 Å². The number of aromatic nitrogens is 1. The van der Waals surface area contributed by atoms with Crippen LogP contribution in [0.4, 0.5) is 5.69 Å². The summed E-state index contributed by atoms with van der Waals surface area (Å²) in [6.45, 7) is 1.94. The molecule has 1 aromatic heterocycles. The van der Waals surface area contributed by atoms with Crippen LogP contribution in [0.5, 0.6) is 11.8 Å². The van der Waals surface area contributed by atoms with E-state index < -0.39 is 0 Å². The van der Waals surface area contributed by atoms with Crippen molar-refractivity contribution in [3.63, 3.8) is 0 Å². The minimum Gasteiger partial charge on any atom is -0.494 e. The van der Waals surface area contributed by atoms with Gasteiger partial charge in [0.15, 0.2) is 5.88 Å². The first kappa shape index (κ1) is 7.65. The summed E-state index contributed by atoms with van der Waals surface area (Å²) in [5.74, 6) is -0.182. The molecule has 0 amide bonds. The Morgan fingerprint density at radius 3 is 2.82 bits per heavy atom. The third-order valence-corrected chi connectivity index (χ3v) is 1.18. The van der Waals surface area contributed by atoms with Crippen LogP contribution in [0.1, 0.15) is 13.3 Å². The summed E-state index contributed by atoms with van der Waals surface area (Å²) in [4.78, 5) is 6.19. The Bertz CT molecular complexity index is 265. The van der Waals surface area contributed by atoms with Crippen molar-refractivity contribution in [2.24, 2.45) is 4.99 Å². The number of aromatic amines is 1. The summed E-state index contributed by atoms with van der Waals surface area (Å²) in [5, 5.41) is 17.9. The van der Waals surface area contributed by atoms with Crippen molar-refractivity contribution >= 4 is 11.9 Å². The van der Waals surface area contributed by atoms with Crippen molar-refractivity contribution < 1.29 is 10.2 Å². The number of hydrogen-bond acceptors (Lipinski definition) is 3. The second-order valence-corrected chi connectivity index (χ2v) is 2.11. The maximum Gasteiger partial charge on any atom is 0.217 e. The third-order valence-electron chi connectivity index (χ3n) is 1.18. The fourth-order valence-electron chi connectivity index (χ4n) is 0.707. The maximum absolute atomic E-state index is 9.03. The van der Waals surface area contributed by atoms with E-state index in [4.69, 9.17) is 10.2 Å². The first-order valence-corrected chi connectivity index (χ1v) is 3.37. The monoisotopic (exact) mass is 154 g/mol. The molecule has 1 heterocycles. The van der Waals surface area contributed by atoms with Gasteiger partial charge in [0.2, 0.25) is 5.88 Å². The average molecular weight is 154 g/mol. The summed E-state index contributed by atoms with van der Waals surface area (Å²) in [6, 6.07) is 1.36. The molecule has 1 rings (SSSR count). The standard InChI is InChI=1S/C7H10N2O2/c1-2-3-8-5-4-6(10)9-7(5)11/h3-4,9-11H,2H2,1H3. The number of nitrogens with zero attached hydrogens (tertiary/aromatic N) is 1. The van der Waals surface area contributed by atoms with Crippen LogP contribution in [-0.2, 0) is 0 Å². The van der Waals surface area contributed by atoms with Crippen LogP contribution < -0.4 is 0 Å². The highest BCUT2D eigenvalue weighted by atomic mass is 16.3. The minimum absolute atomic E-state index is 0.0780. The molecule has 0 fully saturated rings. The molecule has 4 nitrogen and oxygen atoms in total. The van der Waals surface area contributed by atoms with Gasteiger partial charge in [0.05, 0.1) is 0 Å². The fraction of sp³-hybridized carbons (Fsp3) is 0.286. The summed E-state index contributed by atoms with van der Waals surface area (Å²) >= 11 is 0. The van der Waals surface area contributed by atoms with Crippen LogP contribution in [-0.4, -0.2) is 21.4 Å². The molecular weight excluding hydrogens is 144 g/mol. The molecule has 1 aromatic rings. The number of H-pyrrole nitrogens is 1. The van der Waals surface area contributed by atoms with Gasteiger partial charge in [-0.15, -0.1) is 0 Å². The number of rotatable bonds is 2. The SMILES string of the molecule is CCC=Nc1cc(O)[nH]c1O. The lowest BCUT2D eigenvalue weighted by Crippen LogP contribution is -1.65. The van der Waals surface area contributed by atoms with Gasteiger partial charge in [0.1, 0.15) is 5.69 Å². The lowest BCUT2D eigenvalue weighted by molar-refractivity contribution is 0.426. The van der Waals surface area contributed by atoms with Crippen LogP contribution in [0.15, 0.2) is 11.1 Å². The molecule has 3 N–H and O–H groups in total. The summed E-state index contributed by atoms with van der Waals surface area (Å²) in [5.41, 5.74) is 0.365. The van der Waals surface area contributed by atoms with Gasteiger partial charge in [0, 0.05) is 12.3 Å². The predicted molar refractivity (Wildman–Crippen MR) is 42.6 cm³/mol. The van der Waals surface area contributed by atoms with Gasteiger partial charge in [-0.25, -0.2) is 0 Å². The highest BCUT2D eigenvalue weighted by Gasteiger charge is 2.02. The van der Waals surface area contributed by atoms with Crippen molar-refractivity contribution in [1.82, 2.24) is 4.98 Å². The first-order valence-electron chi connectivity index (χ1n) is 3.37. The molecule has 0 aliphatic rings. The summed E-state index contributed by atoms with van der Waals surface area (Å²) in [7, 11) is 0. The molecule has 0 aliphatic heterocycles. The quantitative estimate of drug-likeness (QED) is 0.565. The zero-order valence-corrected chi connectivity index (χ0v) is 6.20. The second kappa shape index (κ2) is 3.09. The lowest BCUT2D eigenvalue weighted by Gasteiger charge is -1.85. The highest BCUT2D eigenvalue weighted by molar-refractivity contribution is 5.65. The third kappa shape index (κ3) is 1.73. The molecule has 0 aliphatic carbocycles. The largest absolute Gasteiger partial charge is 0.494 e. The average Bonchev–Trinajstić information content (AvgIpc) is 2.26. The van der Waals surface area contributed by atoms with Crippen molar-refractivity contribution in [2.75, 3.05) is 0 Å². The summed E-state index contributed by atoms with van der Waals surface area (Å²) in [6.07, 6.45) is 2.45. The van der Waals surface area contributed by atoms with Gasteiger partial charge >= 0.3 is 0 Å². The Morgan fingerprint density at radius 1 is 1.64 bits per heavy atom. The van der Waals surface area contributed by atoms with Crippen molar-refractivity contribution in [3.8, 4) is 11.8 Å². The number of hydrogen-bond donors (Lipinski definition) is 3. The van der Waals surface area contributed by atoms with Crippen LogP contribution in [0, 0.1) is 0 Å². The van der Waals surface area contributed by atoms with E-state index in [2.05, 4.69) is 9.98 Å². The fourth-order valence-corrected chi connectivity index (χ4v) is 0.707. The van der Waals surface area contributed by atoms with Gasteiger partial charge in [0.25, 0.3) is 0 Å². The molecule has 0 bridgehead atoms. The number of aliphatic imine (C=N–C) groups is 1. The first-order chi connectivity index (χ1) is 5.24. The smallest absolute Gasteiger partial charge is 0.217 e. The van der Waals surface area contributed by atoms with E-state index in [-0.39, 0.29) is 11.8 Å². The van der Waals surface area contributed by atoms with E-state index in [9.17, 15) is 0 Å². The maximum atomic E-state index is 9.03. The normalized spacial score (nSPS) is 11.0. The van der Waals surface area contributed by atoms with Crippen molar-refractivity contribution in [1.29, 1.82) is 0 Å². The molecule has 0 atom stereocenters. The molecule has 0 spiro atoms. The molecule has 0 radical (unpaired) electrons. The van der Waals surface area contributed by atoms with Crippen LogP contribution in [0.2, 0.25) is 0 Å². The zero-order chi connectivity index (χ0) is 8.27. The Morgan fingerprint density at radius 2 is 2.36 bits per heavy atom. The van der Waals surface area contributed by atoms with E-state index in [0.29, 0.717) is 5.69 Å². The molecule has 0 unspecified atom stereocenters. The molecular formula is C7H10N2O2. The van der Waals surface area contributed by atoms with E-state index in [1.807, 2.05) is 6.92 Å². The molecule has 0 saturated carbocycles. The number of nitrogens with one attached hydrogen (secondary N) is 1. The zero-order valence-electron chi connectivity index (χ0n) is 6.20. The lowest BCUT2D eigenvalue weighted by atomic mass is 10.5. The van der Waals surface area contributed by atoms with Crippen molar-refractivity contribution in [3.05, 3.63) is 6.07 Å². The Labute approximate surface area is 64.2 Å². The van der Waals surface area contributed by atoms with Crippen molar-refractivity contribution in [2.45, 2.75) is 13.3 Å². The Kier molecular flexibility index (Phi) is 2.15. The Hall–Kier alpha value is -1.45. The minimum atomic E-state index is -0.104. The van der Waals surface area contributed by atoms with Gasteiger partial charge < -0.3 is 10.2 Å². The molecule has 0 aromatic carbocycles. The van der Waals surface area contributed by atoms with E-state index in [1.165, 1.54) is 6.07 Å². The number of aromatic hydroxyl groups is 2. The van der Waals surface area contributed by atoms with Crippen LogP contribution >= 0.6 is 0 Å². The van der Waals surface area contributed by atoms with E-state index in [1.54, 1.807) is 6.21 Å². The predicted octanol–water partition coefficient (Wildman–Crippen LogP) is 1.54. The molecule has 0 saturated heterocycles. The van der Waals surface area contributed by atoms with Gasteiger partial charge in [-0.3, -0.25) is 9.98 Å².